The van der Waals surface area contributed by atoms with Crippen LogP contribution in [0, 0.1) is 5.41 Å². The van der Waals surface area contributed by atoms with Gasteiger partial charge in [-0.1, -0.05) is 30.3 Å². The summed E-state index contributed by atoms with van der Waals surface area (Å²) < 4.78 is 5.15. The van der Waals surface area contributed by atoms with E-state index in [2.05, 4.69) is 0 Å². The van der Waals surface area contributed by atoms with Crippen LogP contribution in [0.1, 0.15) is 32.8 Å². The summed E-state index contributed by atoms with van der Waals surface area (Å²) in [5.74, 6) is -0.360. The van der Waals surface area contributed by atoms with Gasteiger partial charge in [0.2, 0.25) is 0 Å². The average Bonchev–Trinajstić information content (AvgIpc) is 2.16. The van der Waals surface area contributed by atoms with E-state index in [1.54, 1.807) is 0 Å². The third-order valence-corrected chi connectivity index (χ3v) is 1.86. The fraction of sp³-hybridized carbons (Fsp3) is 0.385. The Labute approximate surface area is 95.9 Å². The summed E-state index contributed by atoms with van der Waals surface area (Å²) in [7, 11) is 0. The van der Waals surface area contributed by atoms with E-state index in [4.69, 9.17) is 10.1 Å². The molecule has 0 saturated carbocycles. The third kappa shape index (κ3) is 4.26. The van der Waals surface area contributed by atoms with Gasteiger partial charge in [-0.2, -0.15) is 0 Å². The number of esters is 1. The summed E-state index contributed by atoms with van der Waals surface area (Å²) in [5.41, 5.74) is 0.553. The Morgan fingerprint density at radius 3 is 2.31 bits per heavy atom. The molecule has 0 aliphatic carbocycles. The SMILES string of the molecule is CC(C)(C)OC(=O)CC(=N)c1ccccc1. The van der Waals surface area contributed by atoms with Gasteiger partial charge in [0.25, 0.3) is 0 Å². The zero-order valence-corrected chi connectivity index (χ0v) is 9.91. The van der Waals surface area contributed by atoms with E-state index in [1.165, 1.54) is 0 Å². The lowest BCUT2D eigenvalue weighted by atomic mass is 10.1. The van der Waals surface area contributed by atoms with E-state index in [0.717, 1.165) is 5.56 Å². The van der Waals surface area contributed by atoms with Crippen molar-refractivity contribution in [3.63, 3.8) is 0 Å². The van der Waals surface area contributed by atoms with Gasteiger partial charge in [0.1, 0.15) is 5.60 Å². The van der Waals surface area contributed by atoms with Crippen molar-refractivity contribution in [2.45, 2.75) is 32.8 Å². The highest BCUT2D eigenvalue weighted by Gasteiger charge is 2.17. The smallest absolute Gasteiger partial charge is 0.312 e. The van der Waals surface area contributed by atoms with E-state index in [1.807, 2.05) is 51.1 Å². The highest BCUT2D eigenvalue weighted by atomic mass is 16.6. The molecule has 1 N–H and O–H groups in total. The molecule has 1 aromatic rings. The first-order chi connectivity index (χ1) is 7.38. The van der Waals surface area contributed by atoms with Gasteiger partial charge in [-0.25, -0.2) is 0 Å². The van der Waals surface area contributed by atoms with Gasteiger partial charge < -0.3 is 10.1 Å². The van der Waals surface area contributed by atoms with Crippen molar-refractivity contribution in [2.24, 2.45) is 0 Å². The maximum atomic E-state index is 11.5. The molecule has 1 rings (SSSR count). The molecule has 0 unspecified atom stereocenters. The minimum absolute atomic E-state index is 0.0152. The number of hydrogen-bond acceptors (Lipinski definition) is 3. The molecule has 0 aliphatic heterocycles. The Bertz CT molecular complexity index is 377. The molecule has 3 nitrogen and oxygen atoms in total. The minimum Gasteiger partial charge on any atom is -0.460 e. The van der Waals surface area contributed by atoms with Gasteiger partial charge in [-0.15, -0.1) is 0 Å². The molecule has 1 aromatic carbocycles. The molecule has 0 radical (unpaired) electrons. The van der Waals surface area contributed by atoms with Crippen molar-refractivity contribution in [2.75, 3.05) is 0 Å². The van der Waals surface area contributed by atoms with E-state index in [-0.39, 0.29) is 18.1 Å². The Morgan fingerprint density at radius 2 is 1.81 bits per heavy atom. The molecule has 0 amide bonds. The van der Waals surface area contributed by atoms with Crippen LogP contribution in [-0.2, 0) is 9.53 Å². The number of rotatable bonds is 3. The van der Waals surface area contributed by atoms with Crippen LogP contribution in [-0.4, -0.2) is 17.3 Å². The summed E-state index contributed by atoms with van der Waals surface area (Å²) in [6.07, 6.45) is 0.0152. The van der Waals surface area contributed by atoms with Crippen molar-refractivity contribution in [3.8, 4) is 0 Å². The molecule has 0 atom stereocenters. The van der Waals surface area contributed by atoms with Gasteiger partial charge in [-0.05, 0) is 26.3 Å². The second kappa shape index (κ2) is 4.92. The van der Waals surface area contributed by atoms with Gasteiger partial charge in [0.15, 0.2) is 0 Å². The standard InChI is InChI=1S/C13H17NO2/c1-13(2,3)16-12(15)9-11(14)10-7-5-4-6-8-10/h4-8,14H,9H2,1-3H3. The highest BCUT2D eigenvalue weighted by Crippen LogP contribution is 2.10. The first-order valence-electron chi connectivity index (χ1n) is 5.23. The van der Waals surface area contributed by atoms with Crippen LogP contribution >= 0.6 is 0 Å². The summed E-state index contributed by atoms with van der Waals surface area (Å²) in [6.45, 7) is 5.45. The molecular formula is C13H17NO2. The average molecular weight is 219 g/mol. The second-order valence-electron chi connectivity index (χ2n) is 4.61. The highest BCUT2D eigenvalue weighted by molar-refractivity contribution is 6.07. The maximum absolute atomic E-state index is 11.5. The summed E-state index contributed by atoms with van der Waals surface area (Å²) >= 11 is 0. The Kier molecular flexibility index (Phi) is 3.82. The predicted octanol–water partition coefficient (Wildman–Crippen LogP) is 2.79. The largest absolute Gasteiger partial charge is 0.460 e. The van der Waals surface area contributed by atoms with Crippen molar-refractivity contribution < 1.29 is 9.53 Å². The first-order valence-corrected chi connectivity index (χ1v) is 5.23. The maximum Gasteiger partial charge on any atom is 0.312 e. The van der Waals surface area contributed by atoms with E-state index in [9.17, 15) is 4.79 Å². The molecule has 0 saturated heterocycles. The molecule has 0 aromatic heterocycles. The predicted molar refractivity (Wildman–Crippen MR) is 63.7 cm³/mol. The molecule has 3 heteroatoms. The topological polar surface area (TPSA) is 50.2 Å². The zero-order chi connectivity index (χ0) is 12.2. The Balaban J connectivity index is 2.56. The summed E-state index contributed by atoms with van der Waals surface area (Å²) in [5, 5.41) is 7.77. The first kappa shape index (κ1) is 12.4. The molecule has 0 bridgehead atoms. The lowest BCUT2D eigenvalue weighted by Gasteiger charge is -2.19. The molecule has 0 fully saturated rings. The molecular weight excluding hydrogens is 202 g/mol. The summed E-state index contributed by atoms with van der Waals surface area (Å²) in [6, 6.07) is 9.20. The molecule has 86 valence electrons. The number of benzene rings is 1. The van der Waals surface area contributed by atoms with Gasteiger partial charge in [0, 0.05) is 5.71 Å². The lowest BCUT2D eigenvalue weighted by molar-refractivity contribution is -0.153. The fourth-order valence-corrected chi connectivity index (χ4v) is 1.26. The van der Waals surface area contributed by atoms with Crippen LogP contribution in [0.4, 0.5) is 0 Å². The number of carbonyl (C=O) groups is 1. The van der Waals surface area contributed by atoms with Crippen molar-refractivity contribution in [1.82, 2.24) is 0 Å². The fourth-order valence-electron chi connectivity index (χ4n) is 1.26. The minimum atomic E-state index is -0.492. The van der Waals surface area contributed by atoms with Crippen LogP contribution in [0.3, 0.4) is 0 Å². The molecule has 0 heterocycles. The van der Waals surface area contributed by atoms with Crippen molar-refractivity contribution in [1.29, 1.82) is 5.41 Å². The van der Waals surface area contributed by atoms with Gasteiger partial charge in [0.05, 0.1) is 6.42 Å². The van der Waals surface area contributed by atoms with Crippen LogP contribution in [0.25, 0.3) is 0 Å². The molecule has 16 heavy (non-hydrogen) atoms. The van der Waals surface area contributed by atoms with E-state index >= 15 is 0 Å². The number of ether oxygens (including phenoxy) is 1. The van der Waals surface area contributed by atoms with Gasteiger partial charge in [-0.3, -0.25) is 4.79 Å². The van der Waals surface area contributed by atoms with Gasteiger partial charge >= 0.3 is 5.97 Å². The third-order valence-electron chi connectivity index (χ3n) is 1.86. The lowest BCUT2D eigenvalue weighted by Crippen LogP contribution is -2.25. The molecule has 0 aliphatic rings. The number of carbonyl (C=O) groups excluding carboxylic acids is 1. The second-order valence-corrected chi connectivity index (χ2v) is 4.61. The normalized spacial score (nSPS) is 10.9. The van der Waals surface area contributed by atoms with Crippen LogP contribution in [0.5, 0.6) is 0 Å². The Morgan fingerprint density at radius 1 is 1.25 bits per heavy atom. The zero-order valence-electron chi connectivity index (χ0n) is 9.91. The quantitative estimate of drug-likeness (QED) is 0.627. The molecule has 0 spiro atoms. The van der Waals surface area contributed by atoms with E-state index < -0.39 is 5.60 Å². The summed E-state index contributed by atoms with van der Waals surface area (Å²) in [4.78, 5) is 11.5. The van der Waals surface area contributed by atoms with Crippen LogP contribution in [0.15, 0.2) is 30.3 Å². The van der Waals surface area contributed by atoms with Crippen LogP contribution < -0.4 is 0 Å². The Hall–Kier alpha value is -1.64. The number of hydrogen-bond donors (Lipinski definition) is 1. The van der Waals surface area contributed by atoms with Crippen LogP contribution in [0.2, 0.25) is 0 Å². The van der Waals surface area contributed by atoms with Crippen molar-refractivity contribution >= 4 is 11.7 Å². The number of nitrogens with one attached hydrogen (secondary N) is 1. The van der Waals surface area contributed by atoms with Crippen molar-refractivity contribution in [3.05, 3.63) is 35.9 Å². The van der Waals surface area contributed by atoms with E-state index in [0.29, 0.717) is 0 Å². The monoisotopic (exact) mass is 219 g/mol.